The van der Waals surface area contributed by atoms with Crippen molar-refractivity contribution in [1.82, 2.24) is 10.2 Å². The molecule has 0 radical (unpaired) electrons. The molecule has 126 valence electrons. The normalized spacial score (nSPS) is 23.9. The Morgan fingerprint density at radius 3 is 2.70 bits per heavy atom. The zero-order chi connectivity index (χ0) is 16.2. The van der Waals surface area contributed by atoms with Crippen LogP contribution in [0.25, 0.3) is 0 Å². The number of rotatable bonds is 5. The van der Waals surface area contributed by atoms with Crippen LogP contribution < -0.4 is 10.1 Å². The molecular formula is C19H28N2O2. The minimum atomic E-state index is 0.246. The van der Waals surface area contributed by atoms with E-state index in [1.807, 2.05) is 29.2 Å². The second-order valence-electron chi connectivity index (χ2n) is 7.29. The van der Waals surface area contributed by atoms with E-state index < -0.39 is 0 Å². The van der Waals surface area contributed by atoms with Crippen molar-refractivity contribution in [2.45, 2.75) is 51.6 Å². The topological polar surface area (TPSA) is 41.6 Å². The van der Waals surface area contributed by atoms with Crippen molar-refractivity contribution in [3.63, 3.8) is 0 Å². The van der Waals surface area contributed by atoms with E-state index in [4.69, 9.17) is 4.74 Å². The molecule has 0 spiro atoms. The summed E-state index contributed by atoms with van der Waals surface area (Å²) in [6, 6.07) is 9.08. The highest BCUT2D eigenvalue weighted by molar-refractivity contribution is 5.79. The van der Waals surface area contributed by atoms with E-state index in [2.05, 4.69) is 19.2 Å². The van der Waals surface area contributed by atoms with Gasteiger partial charge in [-0.05, 0) is 42.9 Å². The number of carbonyl (C=O) groups is 1. The second-order valence-corrected chi connectivity index (χ2v) is 7.29. The number of ether oxygens (including phenoxy) is 1. The molecule has 4 heteroatoms. The Kier molecular flexibility index (Phi) is 5.21. The summed E-state index contributed by atoms with van der Waals surface area (Å²) in [5.74, 6) is 1.64. The van der Waals surface area contributed by atoms with Gasteiger partial charge in [0.05, 0.1) is 13.0 Å². The Morgan fingerprint density at radius 2 is 1.96 bits per heavy atom. The average Bonchev–Trinajstić information content (AvgIpc) is 2.85. The van der Waals surface area contributed by atoms with Gasteiger partial charge in [0.25, 0.3) is 0 Å². The van der Waals surface area contributed by atoms with Crippen molar-refractivity contribution in [2.24, 2.45) is 5.92 Å². The number of hydrogen-bond acceptors (Lipinski definition) is 3. The first-order valence-corrected chi connectivity index (χ1v) is 8.85. The van der Waals surface area contributed by atoms with Crippen molar-refractivity contribution in [3.05, 3.63) is 29.8 Å². The Hall–Kier alpha value is -1.55. The Balaban J connectivity index is 1.53. The fraction of sp³-hybridized carbons (Fsp3) is 0.632. The summed E-state index contributed by atoms with van der Waals surface area (Å²) >= 11 is 0. The minimum Gasteiger partial charge on any atom is -0.493 e. The number of benzene rings is 1. The zero-order valence-corrected chi connectivity index (χ0v) is 14.3. The lowest BCUT2D eigenvalue weighted by atomic mass is 10.1. The van der Waals surface area contributed by atoms with Crippen LogP contribution in [-0.4, -0.2) is 42.6 Å². The van der Waals surface area contributed by atoms with E-state index in [0.29, 0.717) is 24.4 Å². The van der Waals surface area contributed by atoms with Gasteiger partial charge in [-0.15, -0.1) is 0 Å². The monoisotopic (exact) mass is 316 g/mol. The van der Waals surface area contributed by atoms with Gasteiger partial charge in [-0.25, -0.2) is 0 Å². The molecule has 4 nitrogen and oxygen atoms in total. The second kappa shape index (κ2) is 7.35. The van der Waals surface area contributed by atoms with Crippen molar-refractivity contribution < 1.29 is 9.53 Å². The van der Waals surface area contributed by atoms with Crippen LogP contribution in [0.4, 0.5) is 0 Å². The first-order chi connectivity index (χ1) is 11.1. The molecule has 1 aromatic carbocycles. The summed E-state index contributed by atoms with van der Waals surface area (Å²) in [5.41, 5.74) is 1.06. The predicted molar refractivity (Wildman–Crippen MR) is 91.6 cm³/mol. The fourth-order valence-electron chi connectivity index (χ4n) is 3.42. The van der Waals surface area contributed by atoms with Crippen LogP contribution in [0.1, 0.15) is 38.7 Å². The largest absolute Gasteiger partial charge is 0.493 e. The molecule has 2 atom stereocenters. The van der Waals surface area contributed by atoms with E-state index in [-0.39, 0.29) is 5.91 Å². The molecule has 2 bridgehead atoms. The molecule has 3 rings (SSSR count). The third kappa shape index (κ3) is 4.47. The highest BCUT2D eigenvalue weighted by Gasteiger charge is 2.30. The van der Waals surface area contributed by atoms with E-state index in [1.165, 1.54) is 12.8 Å². The van der Waals surface area contributed by atoms with Crippen LogP contribution in [0.2, 0.25) is 0 Å². The summed E-state index contributed by atoms with van der Waals surface area (Å²) < 4.78 is 5.69. The lowest BCUT2D eigenvalue weighted by molar-refractivity contribution is -0.130. The van der Waals surface area contributed by atoms with Gasteiger partial charge >= 0.3 is 0 Å². The molecule has 2 saturated heterocycles. The third-order valence-corrected chi connectivity index (χ3v) is 4.74. The van der Waals surface area contributed by atoms with E-state index in [1.54, 1.807) is 0 Å². The summed E-state index contributed by atoms with van der Waals surface area (Å²) in [4.78, 5) is 14.6. The average molecular weight is 316 g/mol. The summed E-state index contributed by atoms with van der Waals surface area (Å²) in [6.07, 6.45) is 4.05. The van der Waals surface area contributed by atoms with E-state index in [9.17, 15) is 4.79 Å². The molecule has 2 unspecified atom stereocenters. The van der Waals surface area contributed by atoms with Gasteiger partial charge in [0.15, 0.2) is 0 Å². The molecular weight excluding hydrogens is 288 g/mol. The van der Waals surface area contributed by atoms with Crippen molar-refractivity contribution >= 4 is 5.91 Å². The molecule has 23 heavy (non-hydrogen) atoms. The van der Waals surface area contributed by atoms with Crippen LogP contribution in [0.5, 0.6) is 5.75 Å². The number of likely N-dealkylation sites (tertiary alicyclic amines) is 1. The van der Waals surface area contributed by atoms with Gasteiger partial charge in [0.1, 0.15) is 5.75 Å². The fourth-order valence-corrected chi connectivity index (χ4v) is 3.42. The van der Waals surface area contributed by atoms with Crippen molar-refractivity contribution in [2.75, 3.05) is 19.7 Å². The summed E-state index contributed by atoms with van der Waals surface area (Å²) in [5, 5.41) is 3.62. The third-order valence-electron chi connectivity index (χ3n) is 4.74. The molecule has 2 heterocycles. The number of amides is 1. The Morgan fingerprint density at radius 1 is 1.22 bits per heavy atom. The van der Waals surface area contributed by atoms with Crippen LogP contribution >= 0.6 is 0 Å². The maximum atomic E-state index is 12.6. The lowest BCUT2D eigenvalue weighted by Gasteiger charge is -2.24. The molecule has 1 aromatic rings. The molecule has 1 amide bonds. The maximum Gasteiger partial charge on any atom is 0.227 e. The molecule has 2 aliphatic heterocycles. The quantitative estimate of drug-likeness (QED) is 0.908. The minimum absolute atomic E-state index is 0.246. The standard InChI is InChI=1S/C19H28N2O2/c1-14(2)13-23-18-7-3-15(4-8-18)11-19(22)21-10-9-16-5-6-17(12-21)20-16/h3-4,7-8,14,16-17,20H,5-6,9-13H2,1-2H3. The van der Waals surface area contributed by atoms with Crippen LogP contribution in [0.15, 0.2) is 24.3 Å². The van der Waals surface area contributed by atoms with Gasteiger partial charge < -0.3 is 15.0 Å². The van der Waals surface area contributed by atoms with E-state index in [0.717, 1.165) is 37.4 Å². The SMILES string of the molecule is CC(C)COc1ccc(CC(=O)N2CCC3CCC(C2)N3)cc1. The number of carbonyl (C=O) groups excluding carboxylic acids is 1. The summed E-state index contributed by atoms with van der Waals surface area (Å²) in [6.45, 7) is 6.75. The molecule has 0 saturated carbocycles. The summed E-state index contributed by atoms with van der Waals surface area (Å²) in [7, 11) is 0. The maximum absolute atomic E-state index is 12.6. The van der Waals surface area contributed by atoms with Crippen LogP contribution in [-0.2, 0) is 11.2 Å². The van der Waals surface area contributed by atoms with Gasteiger partial charge in [0.2, 0.25) is 5.91 Å². The lowest BCUT2D eigenvalue weighted by Crippen LogP contribution is -2.39. The highest BCUT2D eigenvalue weighted by atomic mass is 16.5. The molecule has 1 N–H and O–H groups in total. The smallest absolute Gasteiger partial charge is 0.227 e. The zero-order valence-electron chi connectivity index (χ0n) is 14.3. The van der Waals surface area contributed by atoms with Gasteiger partial charge in [-0.3, -0.25) is 4.79 Å². The first kappa shape index (κ1) is 16.3. The van der Waals surface area contributed by atoms with Crippen LogP contribution in [0.3, 0.4) is 0 Å². The number of nitrogens with zero attached hydrogens (tertiary/aromatic N) is 1. The predicted octanol–water partition coefficient (Wildman–Crippen LogP) is 2.62. The van der Waals surface area contributed by atoms with Gasteiger partial charge in [0, 0.05) is 25.2 Å². The Bertz CT molecular complexity index is 527. The molecule has 0 aromatic heterocycles. The van der Waals surface area contributed by atoms with Crippen LogP contribution in [0, 0.1) is 5.92 Å². The molecule has 2 fully saturated rings. The number of fused-ring (bicyclic) bond motifs is 2. The number of hydrogen-bond donors (Lipinski definition) is 1. The first-order valence-electron chi connectivity index (χ1n) is 8.85. The van der Waals surface area contributed by atoms with E-state index >= 15 is 0 Å². The molecule has 0 aliphatic carbocycles. The highest BCUT2D eigenvalue weighted by Crippen LogP contribution is 2.21. The van der Waals surface area contributed by atoms with Crippen molar-refractivity contribution in [3.8, 4) is 5.75 Å². The Labute approximate surface area is 139 Å². The van der Waals surface area contributed by atoms with Crippen molar-refractivity contribution in [1.29, 1.82) is 0 Å². The van der Waals surface area contributed by atoms with Gasteiger partial charge in [-0.1, -0.05) is 26.0 Å². The van der Waals surface area contributed by atoms with Gasteiger partial charge in [-0.2, -0.15) is 0 Å². The number of nitrogens with one attached hydrogen (secondary N) is 1. The molecule has 2 aliphatic rings.